The molecule has 2 aliphatic heterocycles. The average Bonchev–Trinajstić information content (AvgIpc) is 3.37. The van der Waals surface area contributed by atoms with E-state index < -0.39 is 0 Å². The Balaban J connectivity index is 1.50. The van der Waals surface area contributed by atoms with Gasteiger partial charge in [-0.15, -0.1) is 0 Å². The molecule has 0 aliphatic carbocycles. The van der Waals surface area contributed by atoms with Crippen molar-refractivity contribution in [3.63, 3.8) is 0 Å². The van der Waals surface area contributed by atoms with Gasteiger partial charge >= 0.3 is 0 Å². The van der Waals surface area contributed by atoms with Crippen LogP contribution in [-0.2, 0) is 0 Å². The number of methoxy groups -OCH3 is 2. The fraction of sp³-hybridized carbons (Fsp3) is 0.147. The van der Waals surface area contributed by atoms with E-state index in [0.29, 0.717) is 23.2 Å². The van der Waals surface area contributed by atoms with Gasteiger partial charge in [-0.2, -0.15) is 5.10 Å². The van der Waals surface area contributed by atoms with Crippen LogP contribution in [-0.4, -0.2) is 35.7 Å². The molecule has 0 amide bonds. The normalized spacial score (nSPS) is 15.1. The molecule has 5 aromatic rings. The molecule has 1 atom stereocenters. The Morgan fingerprint density at radius 3 is 2.26 bits per heavy atom. The van der Waals surface area contributed by atoms with E-state index in [2.05, 4.69) is 53.5 Å². The summed E-state index contributed by atoms with van der Waals surface area (Å²) in [5.74, 6) is 3.46. The second-order valence-corrected chi connectivity index (χ2v) is 10.3. The number of benzene rings is 4. The molecule has 0 spiro atoms. The van der Waals surface area contributed by atoms with Crippen molar-refractivity contribution in [3.8, 4) is 17.2 Å². The summed E-state index contributed by atoms with van der Waals surface area (Å²) in [5, 5.41) is 8.57. The summed E-state index contributed by atoms with van der Waals surface area (Å²) in [4.78, 5) is 12.6. The second-order valence-electron chi connectivity index (χ2n) is 10.3. The predicted molar refractivity (Wildman–Crippen MR) is 168 cm³/mol. The summed E-state index contributed by atoms with van der Waals surface area (Å²) in [7, 11) is 3.31. The van der Waals surface area contributed by atoms with E-state index in [9.17, 15) is 0 Å². The third-order valence-electron chi connectivity index (χ3n) is 7.68. The van der Waals surface area contributed by atoms with Crippen molar-refractivity contribution in [1.82, 2.24) is 9.78 Å². The summed E-state index contributed by atoms with van der Waals surface area (Å²) >= 11 is 0. The predicted octanol–water partition coefficient (Wildman–Crippen LogP) is 7.30. The van der Waals surface area contributed by atoms with E-state index in [4.69, 9.17) is 24.6 Å². The van der Waals surface area contributed by atoms with Crippen molar-refractivity contribution < 1.29 is 9.47 Å². The average molecular weight is 555 g/mol. The number of ether oxygens (including phenoxy) is 2. The van der Waals surface area contributed by atoms with E-state index in [1.807, 2.05) is 72.3 Å². The number of aryl methyl sites for hydroxylation is 2. The largest absolute Gasteiger partial charge is 0.493 e. The number of rotatable bonds is 5. The van der Waals surface area contributed by atoms with Crippen LogP contribution < -0.4 is 19.7 Å². The Morgan fingerprint density at radius 1 is 0.762 bits per heavy atom. The highest BCUT2D eigenvalue weighted by Crippen LogP contribution is 2.49. The SMILES string of the molecule is COc1ccc([C@@H]2c3c(C)nn(-c4ccccc4)c3N=C3C(Nc4ccc(C)cc4)=Nc4ccccc4N32)cc1OC. The number of hydrogen-bond acceptors (Lipinski definition) is 7. The van der Waals surface area contributed by atoms with Gasteiger partial charge in [0.25, 0.3) is 0 Å². The number of nitrogens with zero attached hydrogens (tertiary/aromatic N) is 5. The molecule has 3 heterocycles. The number of amidine groups is 2. The van der Waals surface area contributed by atoms with Crippen molar-refractivity contribution in [2.75, 3.05) is 24.4 Å². The molecule has 8 nitrogen and oxygen atoms in total. The summed E-state index contributed by atoms with van der Waals surface area (Å²) in [6.45, 7) is 4.12. The van der Waals surface area contributed by atoms with Crippen LogP contribution in [0.4, 0.5) is 22.9 Å². The number of hydrogen-bond donors (Lipinski definition) is 1. The van der Waals surface area contributed by atoms with Gasteiger partial charge in [0.2, 0.25) is 0 Å². The van der Waals surface area contributed by atoms with Crippen LogP contribution in [0.1, 0.15) is 28.4 Å². The Hall–Kier alpha value is -5.37. The van der Waals surface area contributed by atoms with Crippen molar-refractivity contribution in [2.45, 2.75) is 19.9 Å². The molecule has 7 rings (SSSR count). The lowest BCUT2D eigenvalue weighted by atomic mass is 9.93. The lowest BCUT2D eigenvalue weighted by Crippen LogP contribution is -2.46. The van der Waals surface area contributed by atoms with Crippen LogP contribution >= 0.6 is 0 Å². The van der Waals surface area contributed by atoms with Crippen molar-refractivity contribution in [1.29, 1.82) is 0 Å². The smallest absolute Gasteiger partial charge is 0.179 e. The molecule has 42 heavy (non-hydrogen) atoms. The molecule has 0 saturated carbocycles. The maximum absolute atomic E-state index is 5.75. The zero-order valence-corrected chi connectivity index (χ0v) is 23.9. The minimum absolute atomic E-state index is 0.267. The molecular weight excluding hydrogens is 524 g/mol. The molecule has 0 radical (unpaired) electrons. The van der Waals surface area contributed by atoms with Crippen LogP contribution in [0.15, 0.2) is 107 Å². The van der Waals surface area contributed by atoms with Crippen LogP contribution in [0.2, 0.25) is 0 Å². The molecule has 0 saturated heterocycles. The highest BCUT2D eigenvalue weighted by Gasteiger charge is 2.41. The van der Waals surface area contributed by atoms with E-state index in [1.165, 1.54) is 5.56 Å². The topological polar surface area (TPSA) is 76.3 Å². The highest BCUT2D eigenvalue weighted by atomic mass is 16.5. The first kappa shape index (κ1) is 25.6. The molecule has 4 aromatic carbocycles. The number of para-hydroxylation sites is 3. The lowest BCUT2D eigenvalue weighted by molar-refractivity contribution is 0.354. The Labute approximate surface area is 244 Å². The summed E-state index contributed by atoms with van der Waals surface area (Å²) < 4.78 is 13.2. The number of anilines is 2. The maximum atomic E-state index is 5.75. The van der Waals surface area contributed by atoms with E-state index in [1.54, 1.807) is 14.2 Å². The third-order valence-corrected chi connectivity index (χ3v) is 7.68. The monoisotopic (exact) mass is 554 g/mol. The van der Waals surface area contributed by atoms with E-state index >= 15 is 0 Å². The quantitative estimate of drug-likeness (QED) is 0.247. The molecule has 208 valence electrons. The van der Waals surface area contributed by atoms with Crippen molar-refractivity contribution in [3.05, 3.63) is 119 Å². The molecule has 0 bridgehead atoms. The number of nitrogens with one attached hydrogen (secondary N) is 1. The highest BCUT2D eigenvalue weighted by molar-refractivity contribution is 6.51. The number of fused-ring (bicyclic) bond motifs is 4. The minimum atomic E-state index is -0.267. The molecule has 2 aliphatic rings. The molecule has 1 N–H and O–H groups in total. The van der Waals surface area contributed by atoms with Gasteiger partial charge in [-0.1, -0.05) is 54.1 Å². The fourth-order valence-electron chi connectivity index (χ4n) is 5.66. The molecule has 1 aromatic heterocycles. The van der Waals surface area contributed by atoms with Crippen LogP contribution in [0.3, 0.4) is 0 Å². The van der Waals surface area contributed by atoms with E-state index in [0.717, 1.165) is 45.4 Å². The minimum Gasteiger partial charge on any atom is -0.493 e. The van der Waals surface area contributed by atoms with Gasteiger partial charge in [0.05, 0.1) is 43.0 Å². The van der Waals surface area contributed by atoms with Gasteiger partial charge in [-0.25, -0.2) is 14.7 Å². The van der Waals surface area contributed by atoms with Gasteiger partial charge in [-0.05, 0) is 67.9 Å². The van der Waals surface area contributed by atoms with Gasteiger partial charge in [0.15, 0.2) is 29.0 Å². The van der Waals surface area contributed by atoms with Crippen molar-refractivity contribution >= 4 is 34.6 Å². The third kappa shape index (κ3) is 4.19. The molecule has 8 heteroatoms. The fourth-order valence-corrected chi connectivity index (χ4v) is 5.66. The second kappa shape index (κ2) is 10.2. The standard InChI is InChI=1S/C34H30N6O2/c1-21-14-17-24(18-15-21)35-32-34-37-33-30(22(2)38-40(33)25-10-6-5-7-11-25)31(23-16-19-28(41-3)29(20-23)42-4)39(34)27-13-9-8-12-26(27)36-32/h5-20,31H,1-4H3,(H,35,36)/t31-/m1/s1. The number of aromatic nitrogens is 2. The molecular formula is C34H30N6O2. The Bertz CT molecular complexity index is 1860. The first-order chi connectivity index (χ1) is 20.6. The first-order valence-electron chi connectivity index (χ1n) is 13.8. The zero-order chi connectivity index (χ0) is 28.8. The van der Waals surface area contributed by atoms with Gasteiger partial charge in [0, 0.05) is 11.3 Å². The van der Waals surface area contributed by atoms with E-state index in [-0.39, 0.29) is 6.04 Å². The number of aliphatic imine (C=N–C) groups is 2. The van der Waals surface area contributed by atoms with Gasteiger partial charge in [-0.3, -0.25) is 0 Å². The summed E-state index contributed by atoms with van der Waals surface area (Å²) in [6.07, 6.45) is 0. The zero-order valence-electron chi connectivity index (χ0n) is 23.9. The first-order valence-corrected chi connectivity index (χ1v) is 13.8. The maximum Gasteiger partial charge on any atom is 0.179 e. The lowest BCUT2D eigenvalue weighted by Gasteiger charge is -2.40. The molecule has 0 fully saturated rings. The van der Waals surface area contributed by atoms with Gasteiger partial charge in [0.1, 0.15) is 0 Å². The molecule has 0 unspecified atom stereocenters. The van der Waals surface area contributed by atoms with Crippen LogP contribution in [0, 0.1) is 13.8 Å². The van der Waals surface area contributed by atoms with Gasteiger partial charge < -0.3 is 19.7 Å². The van der Waals surface area contributed by atoms with Crippen LogP contribution in [0.25, 0.3) is 5.69 Å². The van der Waals surface area contributed by atoms with Crippen molar-refractivity contribution in [2.24, 2.45) is 9.98 Å². The summed E-state index contributed by atoms with van der Waals surface area (Å²) in [6, 6.07) is 32.3. The van der Waals surface area contributed by atoms with Crippen LogP contribution in [0.5, 0.6) is 11.5 Å². The summed E-state index contributed by atoms with van der Waals surface area (Å²) in [5.41, 5.74) is 7.80. The Morgan fingerprint density at radius 2 is 1.50 bits per heavy atom. The Kier molecular flexibility index (Phi) is 6.23.